The summed E-state index contributed by atoms with van der Waals surface area (Å²) in [4.78, 5) is 29.6. The number of aliphatic carboxylic acids is 1. The standard InChI is InChI=1S/C38H51N5O7S/c1-23(2)29-21-28(51(47,48)42(5)15-9-14-41(3)4)12-13-31(29)43-32(35-33(49-6)10-8-11-34(35)50-7)22-30(40-43)36(44)39-38(37(45)46)26-17-24-16-25(19-26)20-27(38)18-24/h8,10-13,21-27H,9,14-20H2,1-7H3,(H,39,44)(H,45,46). The van der Waals surface area contributed by atoms with Crippen LogP contribution in [-0.2, 0) is 14.8 Å². The van der Waals surface area contributed by atoms with Gasteiger partial charge in [0.05, 0.1) is 36.1 Å². The van der Waals surface area contributed by atoms with Gasteiger partial charge in [-0.3, -0.25) is 4.79 Å². The molecule has 1 aromatic heterocycles. The third-order valence-electron chi connectivity index (χ3n) is 11.4. The van der Waals surface area contributed by atoms with Crippen molar-refractivity contribution in [1.29, 1.82) is 0 Å². The fraction of sp³-hybridized carbons (Fsp3) is 0.553. The lowest BCUT2D eigenvalue weighted by molar-refractivity contribution is -0.163. The Morgan fingerprint density at radius 1 is 0.961 bits per heavy atom. The minimum Gasteiger partial charge on any atom is -0.496 e. The molecule has 51 heavy (non-hydrogen) atoms. The molecule has 0 atom stereocenters. The smallest absolute Gasteiger partial charge is 0.330 e. The van der Waals surface area contributed by atoms with Gasteiger partial charge in [-0.15, -0.1) is 0 Å². The number of carboxylic acid groups (broad SMARTS) is 1. The van der Waals surface area contributed by atoms with Crippen molar-refractivity contribution in [1.82, 2.24) is 24.3 Å². The lowest BCUT2D eigenvalue weighted by Gasteiger charge is -2.59. The van der Waals surface area contributed by atoms with Gasteiger partial charge in [0.2, 0.25) is 10.0 Å². The van der Waals surface area contributed by atoms with E-state index in [1.807, 2.05) is 32.8 Å². The predicted molar refractivity (Wildman–Crippen MR) is 194 cm³/mol. The molecule has 1 amide bonds. The second kappa shape index (κ2) is 14.2. The maximum Gasteiger partial charge on any atom is 0.330 e. The van der Waals surface area contributed by atoms with Gasteiger partial charge < -0.3 is 24.8 Å². The van der Waals surface area contributed by atoms with E-state index in [2.05, 4.69) is 5.32 Å². The molecular formula is C38H51N5O7S. The summed E-state index contributed by atoms with van der Waals surface area (Å²) in [6.07, 6.45) is 5.04. The molecular weight excluding hydrogens is 671 g/mol. The number of hydrogen-bond donors (Lipinski definition) is 2. The van der Waals surface area contributed by atoms with Crippen LogP contribution in [0.1, 0.15) is 74.3 Å². The van der Waals surface area contributed by atoms with Crippen LogP contribution in [0.5, 0.6) is 11.5 Å². The zero-order valence-corrected chi connectivity index (χ0v) is 31.5. The fourth-order valence-electron chi connectivity index (χ4n) is 9.00. The minimum atomic E-state index is -3.80. The molecule has 12 nitrogen and oxygen atoms in total. The number of benzene rings is 2. The Kier molecular flexibility index (Phi) is 10.3. The average molecular weight is 722 g/mol. The Balaban J connectivity index is 1.45. The van der Waals surface area contributed by atoms with E-state index in [4.69, 9.17) is 14.6 Å². The number of nitrogens with one attached hydrogen (secondary N) is 1. The van der Waals surface area contributed by atoms with Crippen molar-refractivity contribution in [2.75, 3.05) is 48.5 Å². The third-order valence-corrected chi connectivity index (χ3v) is 13.2. The number of methoxy groups -OCH3 is 2. The Labute approximate surface area is 301 Å². The van der Waals surface area contributed by atoms with Crippen LogP contribution in [0, 0.1) is 23.7 Å². The highest BCUT2D eigenvalue weighted by atomic mass is 32.2. The molecule has 0 spiro atoms. The van der Waals surface area contributed by atoms with Gasteiger partial charge in [0.15, 0.2) is 5.69 Å². The van der Waals surface area contributed by atoms with Gasteiger partial charge in [-0.25, -0.2) is 22.2 Å². The molecule has 0 radical (unpaired) electrons. The van der Waals surface area contributed by atoms with Gasteiger partial charge in [0.1, 0.15) is 17.0 Å². The Bertz CT molecular complexity index is 1850. The fourth-order valence-corrected chi connectivity index (χ4v) is 10.2. The monoisotopic (exact) mass is 721 g/mol. The second-order valence-corrected chi connectivity index (χ2v) is 17.2. The highest BCUT2D eigenvalue weighted by molar-refractivity contribution is 7.89. The molecule has 4 bridgehead atoms. The van der Waals surface area contributed by atoms with Crippen LogP contribution in [0.3, 0.4) is 0 Å². The van der Waals surface area contributed by atoms with Crippen molar-refractivity contribution in [3.05, 3.63) is 53.7 Å². The summed E-state index contributed by atoms with van der Waals surface area (Å²) in [7, 11) is 4.79. The number of nitrogens with zero attached hydrogens (tertiary/aromatic N) is 4. The van der Waals surface area contributed by atoms with E-state index < -0.39 is 27.4 Å². The molecule has 4 aliphatic carbocycles. The lowest BCUT2D eigenvalue weighted by atomic mass is 9.48. The van der Waals surface area contributed by atoms with Crippen LogP contribution in [-0.4, -0.2) is 98.4 Å². The van der Waals surface area contributed by atoms with Gasteiger partial charge in [0.25, 0.3) is 5.91 Å². The molecule has 13 heteroatoms. The molecule has 7 rings (SSSR count). The SMILES string of the molecule is COc1cccc(OC)c1-c1cc(C(=O)NC2(C(=O)O)C3CC4CC(C3)CC2C4)nn1-c1ccc(S(=O)(=O)N(C)CCCN(C)C)cc1C(C)C. The third kappa shape index (κ3) is 6.64. The van der Waals surface area contributed by atoms with Crippen LogP contribution in [0.2, 0.25) is 0 Å². The number of carbonyl (C=O) groups excluding carboxylic acids is 1. The topological polar surface area (TPSA) is 143 Å². The highest BCUT2D eigenvalue weighted by Gasteiger charge is 2.62. The minimum absolute atomic E-state index is 0.0411. The summed E-state index contributed by atoms with van der Waals surface area (Å²) < 4.78 is 41.9. The van der Waals surface area contributed by atoms with Crippen molar-refractivity contribution in [3.63, 3.8) is 0 Å². The molecule has 0 aliphatic heterocycles. The largest absolute Gasteiger partial charge is 0.496 e. The Morgan fingerprint density at radius 2 is 1.57 bits per heavy atom. The second-order valence-electron chi connectivity index (χ2n) is 15.2. The van der Waals surface area contributed by atoms with Gasteiger partial charge in [-0.2, -0.15) is 5.10 Å². The number of carboxylic acids is 1. The summed E-state index contributed by atoms with van der Waals surface area (Å²) in [6, 6.07) is 12.0. The molecule has 4 aliphatic rings. The maximum atomic E-state index is 14.3. The average Bonchev–Trinajstić information content (AvgIpc) is 3.53. The van der Waals surface area contributed by atoms with Gasteiger partial charge in [-0.1, -0.05) is 19.9 Å². The maximum absolute atomic E-state index is 14.3. The first kappa shape index (κ1) is 36.8. The molecule has 0 unspecified atom stereocenters. The van der Waals surface area contributed by atoms with Crippen molar-refractivity contribution >= 4 is 21.9 Å². The van der Waals surface area contributed by atoms with Crippen molar-refractivity contribution < 1.29 is 32.6 Å². The molecule has 4 fully saturated rings. The molecule has 4 saturated carbocycles. The van der Waals surface area contributed by atoms with Gasteiger partial charge in [-0.05, 0) is 131 Å². The summed E-state index contributed by atoms with van der Waals surface area (Å²) >= 11 is 0. The highest BCUT2D eigenvalue weighted by Crippen LogP contribution is 2.58. The van der Waals surface area contributed by atoms with E-state index in [-0.39, 0.29) is 28.3 Å². The number of carbonyl (C=O) groups is 2. The number of ether oxygens (including phenoxy) is 2. The number of hydrogen-bond acceptors (Lipinski definition) is 8. The van der Waals surface area contributed by atoms with Crippen molar-refractivity contribution in [2.24, 2.45) is 23.7 Å². The van der Waals surface area contributed by atoms with Crippen LogP contribution >= 0.6 is 0 Å². The number of rotatable bonds is 14. The van der Waals surface area contributed by atoms with Crippen molar-refractivity contribution in [2.45, 2.75) is 68.7 Å². The quantitative estimate of drug-likeness (QED) is 0.228. The van der Waals surface area contributed by atoms with Crippen LogP contribution in [0.15, 0.2) is 47.4 Å². The van der Waals surface area contributed by atoms with E-state index in [9.17, 15) is 23.1 Å². The van der Waals surface area contributed by atoms with Gasteiger partial charge in [0, 0.05) is 13.6 Å². The van der Waals surface area contributed by atoms with E-state index in [1.165, 1.54) is 4.31 Å². The van der Waals surface area contributed by atoms with E-state index >= 15 is 0 Å². The predicted octanol–water partition coefficient (Wildman–Crippen LogP) is 5.26. The molecule has 3 aromatic rings. The van der Waals surface area contributed by atoms with E-state index in [0.29, 0.717) is 58.8 Å². The Hall–Kier alpha value is -3.94. The first-order valence-electron chi connectivity index (χ1n) is 17.8. The first-order valence-corrected chi connectivity index (χ1v) is 19.3. The van der Waals surface area contributed by atoms with E-state index in [1.54, 1.807) is 68.4 Å². The summed E-state index contributed by atoms with van der Waals surface area (Å²) in [6.45, 7) is 5.07. The molecule has 2 aromatic carbocycles. The molecule has 1 heterocycles. The summed E-state index contributed by atoms with van der Waals surface area (Å²) in [5.74, 6) is 0.0455. The normalized spacial score (nSPS) is 24.0. The first-order chi connectivity index (χ1) is 24.2. The summed E-state index contributed by atoms with van der Waals surface area (Å²) in [5.41, 5.74) is 0.980. The zero-order chi connectivity index (χ0) is 36.8. The van der Waals surface area contributed by atoms with Crippen LogP contribution in [0.4, 0.5) is 0 Å². The Morgan fingerprint density at radius 3 is 2.10 bits per heavy atom. The van der Waals surface area contributed by atoms with Gasteiger partial charge >= 0.3 is 5.97 Å². The van der Waals surface area contributed by atoms with E-state index in [0.717, 1.165) is 38.6 Å². The summed E-state index contributed by atoms with van der Waals surface area (Å²) in [5, 5.41) is 18.6. The molecule has 2 N–H and O–H groups in total. The molecule has 0 saturated heterocycles. The number of sulfonamides is 1. The number of aromatic nitrogens is 2. The van der Waals surface area contributed by atoms with Crippen molar-refractivity contribution in [3.8, 4) is 28.4 Å². The van der Waals surface area contributed by atoms with Crippen LogP contribution < -0.4 is 14.8 Å². The molecule has 276 valence electrons. The lowest BCUT2D eigenvalue weighted by Crippen LogP contribution is -2.70. The number of amides is 1. The zero-order valence-electron chi connectivity index (χ0n) is 30.7. The van der Waals surface area contributed by atoms with Crippen LogP contribution in [0.25, 0.3) is 16.9 Å².